The molecule has 21 heavy (non-hydrogen) atoms. The molecular weight excluding hydrogens is 284 g/mol. The van der Waals surface area contributed by atoms with E-state index >= 15 is 0 Å². The number of aromatic nitrogens is 1. The van der Waals surface area contributed by atoms with Crippen molar-refractivity contribution in [2.24, 2.45) is 5.92 Å². The lowest BCUT2D eigenvalue weighted by atomic mass is 9.94. The highest BCUT2D eigenvalue weighted by Gasteiger charge is 2.22. The number of urea groups is 1. The fraction of sp³-hybridized carbons (Fsp3) is 0.400. The maximum atomic E-state index is 12.2. The Labute approximate surface area is 127 Å². The molecule has 108 valence electrons. The minimum atomic E-state index is -0.0621. The van der Waals surface area contributed by atoms with Crippen LogP contribution < -0.4 is 5.32 Å². The fourth-order valence-corrected chi connectivity index (χ4v) is 3.26. The molecule has 1 fully saturated rings. The van der Waals surface area contributed by atoms with E-state index in [1.54, 1.807) is 0 Å². The third-order valence-electron chi connectivity index (χ3n) is 3.89. The van der Waals surface area contributed by atoms with Crippen LogP contribution in [0.3, 0.4) is 0 Å². The summed E-state index contributed by atoms with van der Waals surface area (Å²) in [6.07, 6.45) is 2.42. The standard InChI is InChI=1S/C15H16N4OS/c16-6-3-11-4-7-19(8-5-11)15(20)17-13-1-2-14-12(9-13)10-21-18-14/h1-2,9-11H,3-5,7-8H2,(H,17,20). The molecule has 0 aliphatic carbocycles. The second kappa shape index (κ2) is 6.10. The van der Waals surface area contributed by atoms with Gasteiger partial charge in [-0.1, -0.05) is 0 Å². The number of carbonyl (C=O) groups is 1. The van der Waals surface area contributed by atoms with Gasteiger partial charge in [0, 0.05) is 36.0 Å². The van der Waals surface area contributed by atoms with Crippen molar-refractivity contribution in [3.63, 3.8) is 0 Å². The van der Waals surface area contributed by atoms with Crippen LogP contribution in [0.15, 0.2) is 23.6 Å². The number of piperidine rings is 1. The zero-order valence-corrected chi connectivity index (χ0v) is 12.4. The number of nitriles is 1. The Bertz CT molecular complexity index is 682. The van der Waals surface area contributed by atoms with Crippen molar-refractivity contribution in [2.75, 3.05) is 18.4 Å². The van der Waals surface area contributed by atoms with Crippen molar-refractivity contribution in [1.82, 2.24) is 9.27 Å². The van der Waals surface area contributed by atoms with Gasteiger partial charge in [-0.2, -0.15) is 9.64 Å². The van der Waals surface area contributed by atoms with E-state index in [0.717, 1.165) is 42.5 Å². The van der Waals surface area contributed by atoms with Gasteiger partial charge in [-0.15, -0.1) is 0 Å². The zero-order chi connectivity index (χ0) is 14.7. The first-order chi connectivity index (χ1) is 10.3. The second-order valence-corrected chi connectivity index (χ2v) is 5.94. The van der Waals surface area contributed by atoms with Crippen LogP contribution in [0, 0.1) is 17.2 Å². The van der Waals surface area contributed by atoms with Crippen molar-refractivity contribution in [3.05, 3.63) is 23.6 Å². The molecule has 2 heterocycles. The number of hydrogen-bond donors (Lipinski definition) is 1. The maximum absolute atomic E-state index is 12.2. The number of nitrogens with one attached hydrogen (secondary N) is 1. The van der Waals surface area contributed by atoms with Gasteiger partial charge in [0.2, 0.25) is 0 Å². The van der Waals surface area contributed by atoms with Gasteiger partial charge in [-0.25, -0.2) is 4.79 Å². The molecule has 2 amide bonds. The van der Waals surface area contributed by atoms with Crippen molar-refractivity contribution < 1.29 is 4.79 Å². The lowest BCUT2D eigenvalue weighted by Gasteiger charge is -2.31. The summed E-state index contributed by atoms with van der Waals surface area (Å²) >= 11 is 1.41. The summed E-state index contributed by atoms with van der Waals surface area (Å²) in [5.41, 5.74) is 1.75. The number of nitrogens with zero attached hydrogens (tertiary/aromatic N) is 3. The molecule has 0 spiro atoms. The van der Waals surface area contributed by atoms with Gasteiger partial charge < -0.3 is 10.2 Å². The van der Waals surface area contributed by atoms with Gasteiger partial charge in [-0.3, -0.25) is 0 Å². The Hall–Kier alpha value is -2.13. The molecule has 1 aliphatic heterocycles. The first kappa shape index (κ1) is 13.8. The quantitative estimate of drug-likeness (QED) is 0.923. The molecule has 1 N–H and O–H groups in total. The fourth-order valence-electron chi connectivity index (χ4n) is 2.62. The number of anilines is 1. The van der Waals surface area contributed by atoms with Crippen molar-refractivity contribution in [3.8, 4) is 6.07 Å². The van der Waals surface area contributed by atoms with Gasteiger partial charge in [-0.05, 0) is 48.5 Å². The van der Waals surface area contributed by atoms with Gasteiger partial charge >= 0.3 is 6.03 Å². The highest BCUT2D eigenvalue weighted by molar-refractivity contribution is 7.04. The number of benzene rings is 1. The molecule has 2 aromatic rings. The van der Waals surface area contributed by atoms with Gasteiger partial charge in [0.05, 0.1) is 11.6 Å². The predicted molar refractivity (Wildman–Crippen MR) is 83.2 cm³/mol. The van der Waals surface area contributed by atoms with Crippen LogP contribution in [0.2, 0.25) is 0 Å². The molecule has 0 atom stereocenters. The Balaban J connectivity index is 1.60. The lowest BCUT2D eigenvalue weighted by molar-refractivity contribution is 0.183. The van der Waals surface area contributed by atoms with Crippen LogP contribution in [0.5, 0.6) is 0 Å². The molecule has 1 saturated heterocycles. The molecule has 6 heteroatoms. The monoisotopic (exact) mass is 300 g/mol. The number of likely N-dealkylation sites (tertiary alicyclic amines) is 1. The molecule has 0 saturated carbocycles. The summed E-state index contributed by atoms with van der Waals surface area (Å²) in [7, 11) is 0. The predicted octanol–water partition coefficient (Wildman–Crippen LogP) is 3.45. The Morgan fingerprint density at radius 2 is 2.29 bits per heavy atom. The van der Waals surface area contributed by atoms with Crippen LogP contribution in [-0.4, -0.2) is 28.4 Å². The van der Waals surface area contributed by atoms with Gasteiger partial charge in [0.25, 0.3) is 0 Å². The summed E-state index contributed by atoms with van der Waals surface area (Å²) in [5.74, 6) is 0.437. The third kappa shape index (κ3) is 3.14. The van der Waals surface area contributed by atoms with Crippen LogP contribution in [0.25, 0.3) is 10.9 Å². The largest absolute Gasteiger partial charge is 0.325 e. The third-order valence-corrected chi connectivity index (χ3v) is 4.55. The molecule has 1 aromatic carbocycles. The Kier molecular flexibility index (Phi) is 4.02. The Morgan fingerprint density at radius 3 is 3.05 bits per heavy atom. The number of carbonyl (C=O) groups excluding carboxylic acids is 1. The van der Waals surface area contributed by atoms with E-state index in [9.17, 15) is 4.79 Å². The number of rotatable bonds is 2. The average molecular weight is 300 g/mol. The van der Waals surface area contributed by atoms with E-state index in [-0.39, 0.29) is 6.03 Å². The normalized spacial score (nSPS) is 15.9. The molecule has 0 bridgehead atoms. The lowest BCUT2D eigenvalue weighted by Crippen LogP contribution is -2.41. The number of fused-ring (bicyclic) bond motifs is 1. The first-order valence-corrected chi connectivity index (χ1v) is 7.87. The van der Waals surface area contributed by atoms with Crippen LogP contribution >= 0.6 is 11.5 Å². The summed E-state index contributed by atoms with van der Waals surface area (Å²) in [4.78, 5) is 14.1. The van der Waals surface area contributed by atoms with E-state index in [2.05, 4.69) is 15.8 Å². The molecule has 0 radical (unpaired) electrons. The van der Waals surface area contributed by atoms with E-state index in [0.29, 0.717) is 12.3 Å². The zero-order valence-electron chi connectivity index (χ0n) is 11.6. The minimum Gasteiger partial charge on any atom is -0.325 e. The van der Waals surface area contributed by atoms with E-state index in [4.69, 9.17) is 5.26 Å². The van der Waals surface area contributed by atoms with E-state index in [1.807, 2.05) is 28.5 Å². The summed E-state index contributed by atoms with van der Waals surface area (Å²) in [5, 5.41) is 14.7. The summed E-state index contributed by atoms with van der Waals surface area (Å²) < 4.78 is 4.25. The molecule has 1 aromatic heterocycles. The smallest absolute Gasteiger partial charge is 0.321 e. The van der Waals surface area contributed by atoms with Crippen molar-refractivity contribution in [2.45, 2.75) is 19.3 Å². The second-order valence-electron chi connectivity index (χ2n) is 5.31. The first-order valence-electron chi connectivity index (χ1n) is 7.03. The topological polar surface area (TPSA) is 69.0 Å². The summed E-state index contributed by atoms with van der Waals surface area (Å²) in [6, 6.07) is 7.89. The van der Waals surface area contributed by atoms with Crippen LogP contribution in [0.4, 0.5) is 10.5 Å². The SMILES string of the molecule is N#CCC1CCN(C(=O)Nc2ccc3nscc3c2)CC1. The highest BCUT2D eigenvalue weighted by Crippen LogP contribution is 2.22. The highest BCUT2D eigenvalue weighted by atomic mass is 32.1. The molecule has 0 unspecified atom stereocenters. The number of hydrogen-bond acceptors (Lipinski definition) is 4. The maximum Gasteiger partial charge on any atom is 0.321 e. The van der Waals surface area contributed by atoms with Crippen molar-refractivity contribution >= 4 is 34.2 Å². The molecular formula is C15H16N4OS. The molecule has 1 aliphatic rings. The van der Waals surface area contributed by atoms with Crippen molar-refractivity contribution in [1.29, 1.82) is 5.26 Å². The van der Waals surface area contributed by atoms with E-state index < -0.39 is 0 Å². The Morgan fingerprint density at radius 1 is 1.48 bits per heavy atom. The van der Waals surface area contributed by atoms with Crippen LogP contribution in [-0.2, 0) is 0 Å². The van der Waals surface area contributed by atoms with Crippen LogP contribution in [0.1, 0.15) is 19.3 Å². The average Bonchev–Trinajstić information content (AvgIpc) is 2.96. The van der Waals surface area contributed by atoms with E-state index in [1.165, 1.54) is 11.5 Å². The molecule has 3 rings (SSSR count). The number of amides is 2. The molecule has 5 nitrogen and oxygen atoms in total. The van der Waals surface area contributed by atoms with Gasteiger partial charge in [0.15, 0.2) is 0 Å². The summed E-state index contributed by atoms with van der Waals surface area (Å²) in [6.45, 7) is 1.45. The van der Waals surface area contributed by atoms with Gasteiger partial charge in [0.1, 0.15) is 0 Å². The minimum absolute atomic E-state index is 0.0621.